The van der Waals surface area contributed by atoms with Crippen molar-refractivity contribution in [2.45, 2.75) is 37.4 Å². The van der Waals surface area contributed by atoms with Gasteiger partial charge < -0.3 is 0 Å². The zero-order valence-electron chi connectivity index (χ0n) is 7.79. The third-order valence-corrected chi connectivity index (χ3v) is 4.46. The highest BCUT2D eigenvalue weighted by Crippen LogP contribution is 2.38. The first-order valence-electron chi connectivity index (χ1n) is 4.87. The minimum absolute atomic E-state index is 0.670. The smallest absolute Gasteiger partial charge is 0.0939 e. The topological polar surface area (TPSA) is 12.9 Å². The molecule has 1 aliphatic rings. The summed E-state index contributed by atoms with van der Waals surface area (Å²) in [7, 11) is 0. The maximum atomic E-state index is 4.57. The van der Waals surface area contributed by atoms with Crippen molar-refractivity contribution < 1.29 is 0 Å². The number of halogens is 1. The summed E-state index contributed by atoms with van der Waals surface area (Å²) >= 11 is 5.55. The van der Waals surface area contributed by atoms with Crippen LogP contribution < -0.4 is 0 Å². The van der Waals surface area contributed by atoms with E-state index in [9.17, 15) is 0 Å². The molecule has 1 saturated carbocycles. The number of thiazole rings is 1. The monoisotopic (exact) mass is 259 g/mol. The van der Waals surface area contributed by atoms with E-state index in [1.165, 1.54) is 23.5 Å². The second-order valence-corrected chi connectivity index (χ2v) is 5.76. The van der Waals surface area contributed by atoms with E-state index in [1.54, 1.807) is 11.3 Å². The van der Waals surface area contributed by atoms with E-state index in [2.05, 4.69) is 33.2 Å². The molecule has 0 amide bonds. The Hall–Kier alpha value is 0.110. The summed E-state index contributed by atoms with van der Waals surface area (Å²) in [5.74, 6) is 0.925. The molecule has 1 aromatic heterocycles. The first kappa shape index (κ1) is 9.66. The summed E-state index contributed by atoms with van der Waals surface area (Å²) in [4.78, 5) is 5.24. The Bertz CT molecular complexity index is 280. The fourth-order valence-corrected chi connectivity index (χ4v) is 3.38. The lowest BCUT2D eigenvalue weighted by atomic mass is 10.2. The van der Waals surface area contributed by atoms with E-state index in [0.717, 1.165) is 18.8 Å². The maximum absolute atomic E-state index is 4.57. The molecule has 0 aromatic carbocycles. The highest BCUT2D eigenvalue weighted by molar-refractivity contribution is 9.09. The van der Waals surface area contributed by atoms with Crippen LogP contribution in [0.15, 0.2) is 5.38 Å². The lowest BCUT2D eigenvalue weighted by Crippen LogP contribution is -2.04. The highest BCUT2D eigenvalue weighted by Gasteiger charge is 2.29. The molecule has 13 heavy (non-hydrogen) atoms. The first-order valence-corrected chi connectivity index (χ1v) is 6.66. The fraction of sp³-hybridized carbons (Fsp3) is 0.700. The lowest BCUT2D eigenvalue weighted by molar-refractivity contribution is 0.754. The molecule has 1 atom stereocenters. The summed E-state index contributed by atoms with van der Waals surface area (Å²) < 4.78 is 0. The molecule has 2 rings (SSSR count). The number of hydrogen-bond acceptors (Lipinski definition) is 2. The van der Waals surface area contributed by atoms with Gasteiger partial charge in [0, 0.05) is 16.6 Å². The van der Waals surface area contributed by atoms with Gasteiger partial charge in [0.15, 0.2) is 0 Å². The molecule has 3 heteroatoms. The number of nitrogens with zero attached hydrogens (tertiary/aromatic N) is 1. The van der Waals surface area contributed by atoms with Gasteiger partial charge in [-0.1, -0.05) is 22.9 Å². The Balaban J connectivity index is 1.92. The molecule has 0 bridgehead atoms. The van der Waals surface area contributed by atoms with Crippen molar-refractivity contribution >= 4 is 27.3 Å². The Morgan fingerprint density at radius 3 is 3.00 bits per heavy atom. The van der Waals surface area contributed by atoms with Gasteiger partial charge in [0.2, 0.25) is 0 Å². The van der Waals surface area contributed by atoms with Gasteiger partial charge in [0.25, 0.3) is 0 Å². The molecule has 1 aliphatic carbocycles. The normalized spacial score (nSPS) is 18.9. The standard InChI is InChI=1S/C10H14BrNS/c1-2-8-6-13-10(12-8)5-9(11)7-3-4-7/h6-7,9H,2-5H2,1H3. The van der Waals surface area contributed by atoms with Crippen LogP contribution in [-0.2, 0) is 12.8 Å². The second kappa shape index (κ2) is 4.09. The van der Waals surface area contributed by atoms with E-state index in [-0.39, 0.29) is 0 Å². The van der Waals surface area contributed by atoms with Crippen LogP contribution >= 0.6 is 27.3 Å². The van der Waals surface area contributed by atoms with Gasteiger partial charge in [-0.15, -0.1) is 11.3 Å². The molecule has 1 heterocycles. The van der Waals surface area contributed by atoms with Gasteiger partial charge in [-0.3, -0.25) is 0 Å². The summed E-state index contributed by atoms with van der Waals surface area (Å²) in [6.07, 6.45) is 4.99. The highest BCUT2D eigenvalue weighted by atomic mass is 79.9. The van der Waals surface area contributed by atoms with E-state index in [4.69, 9.17) is 0 Å². The molecule has 0 saturated heterocycles. The lowest BCUT2D eigenvalue weighted by Gasteiger charge is -2.03. The molecule has 0 spiro atoms. The van der Waals surface area contributed by atoms with Crippen LogP contribution in [0.4, 0.5) is 0 Å². The van der Waals surface area contributed by atoms with Gasteiger partial charge in [-0.2, -0.15) is 0 Å². The Morgan fingerprint density at radius 2 is 2.46 bits per heavy atom. The van der Waals surface area contributed by atoms with Gasteiger partial charge in [0.05, 0.1) is 10.7 Å². The summed E-state index contributed by atoms with van der Waals surface area (Å²) in [5, 5.41) is 3.48. The van der Waals surface area contributed by atoms with Crippen LogP contribution in [0.1, 0.15) is 30.5 Å². The molecule has 0 radical (unpaired) electrons. The molecule has 1 nitrogen and oxygen atoms in total. The van der Waals surface area contributed by atoms with Crippen molar-refractivity contribution in [3.8, 4) is 0 Å². The molecule has 1 fully saturated rings. The Morgan fingerprint density at radius 1 is 1.69 bits per heavy atom. The minimum atomic E-state index is 0.670. The third-order valence-electron chi connectivity index (χ3n) is 2.46. The summed E-state index contributed by atoms with van der Waals surface area (Å²) in [6.45, 7) is 2.16. The predicted molar refractivity (Wildman–Crippen MR) is 60.6 cm³/mol. The molecule has 72 valence electrons. The van der Waals surface area contributed by atoms with Crippen LogP contribution in [-0.4, -0.2) is 9.81 Å². The van der Waals surface area contributed by atoms with Crippen molar-refractivity contribution in [3.05, 3.63) is 16.1 Å². The third kappa shape index (κ3) is 2.53. The van der Waals surface area contributed by atoms with Crippen LogP contribution in [0.5, 0.6) is 0 Å². The molecule has 1 aromatic rings. The van der Waals surface area contributed by atoms with Crippen molar-refractivity contribution in [2.75, 3.05) is 0 Å². The van der Waals surface area contributed by atoms with Crippen molar-refractivity contribution in [1.82, 2.24) is 4.98 Å². The van der Waals surface area contributed by atoms with Crippen molar-refractivity contribution in [1.29, 1.82) is 0 Å². The van der Waals surface area contributed by atoms with Gasteiger partial charge in [-0.25, -0.2) is 4.98 Å². The number of alkyl halides is 1. The van der Waals surface area contributed by atoms with Crippen LogP contribution in [0, 0.1) is 5.92 Å². The van der Waals surface area contributed by atoms with Gasteiger partial charge in [0.1, 0.15) is 0 Å². The maximum Gasteiger partial charge on any atom is 0.0939 e. The molecular weight excluding hydrogens is 246 g/mol. The zero-order chi connectivity index (χ0) is 9.26. The van der Waals surface area contributed by atoms with Crippen LogP contribution in [0.2, 0.25) is 0 Å². The largest absolute Gasteiger partial charge is 0.246 e. The van der Waals surface area contributed by atoms with Gasteiger partial charge >= 0.3 is 0 Å². The average molecular weight is 260 g/mol. The Kier molecular flexibility index (Phi) is 3.04. The Labute approximate surface area is 91.7 Å². The first-order chi connectivity index (χ1) is 6.29. The second-order valence-electron chi connectivity index (χ2n) is 3.64. The van der Waals surface area contributed by atoms with Crippen molar-refractivity contribution in [2.24, 2.45) is 5.92 Å². The van der Waals surface area contributed by atoms with E-state index >= 15 is 0 Å². The fourth-order valence-electron chi connectivity index (χ4n) is 1.40. The van der Waals surface area contributed by atoms with Crippen LogP contribution in [0.25, 0.3) is 0 Å². The van der Waals surface area contributed by atoms with E-state index in [0.29, 0.717) is 4.83 Å². The number of rotatable bonds is 4. The van der Waals surface area contributed by atoms with Crippen LogP contribution in [0.3, 0.4) is 0 Å². The number of hydrogen-bond donors (Lipinski definition) is 0. The number of aryl methyl sites for hydroxylation is 1. The molecule has 1 unspecified atom stereocenters. The summed E-state index contributed by atoms with van der Waals surface area (Å²) in [5.41, 5.74) is 1.25. The molecular formula is C10H14BrNS. The molecule has 0 N–H and O–H groups in total. The van der Waals surface area contributed by atoms with E-state index < -0.39 is 0 Å². The minimum Gasteiger partial charge on any atom is -0.246 e. The molecule has 0 aliphatic heterocycles. The van der Waals surface area contributed by atoms with Gasteiger partial charge in [-0.05, 0) is 25.2 Å². The van der Waals surface area contributed by atoms with Crippen molar-refractivity contribution in [3.63, 3.8) is 0 Å². The van der Waals surface area contributed by atoms with E-state index in [1.807, 2.05) is 0 Å². The predicted octanol–water partition coefficient (Wildman–Crippen LogP) is 3.42. The number of aromatic nitrogens is 1. The summed E-state index contributed by atoms with van der Waals surface area (Å²) in [6, 6.07) is 0. The average Bonchev–Trinajstić information content (AvgIpc) is 2.88. The quantitative estimate of drug-likeness (QED) is 0.756. The zero-order valence-corrected chi connectivity index (χ0v) is 10.2. The SMILES string of the molecule is CCc1csc(CC(Br)C2CC2)n1.